The van der Waals surface area contributed by atoms with Gasteiger partial charge >= 0.3 is 0 Å². The predicted molar refractivity (Wildman–Crippen MR) is 68.0 cm³/mol. The van der Waals surface area contributed by atoms with E-state index in [-0.39, 0.29) is 5.91 Å². The molecular formula is C12H20N2OS. The Morgan fingerprint density at radius 3 is 2.38 bits per heavy atom. The number of nitrogens with zero attached hydrogens (tertiary/aromatic N) is 1. The highest BCUT2D eigenvalue weighted by molar-refractivity contribution is 7.80. The molecule has 4 heteroatoms. The van der Waals surface area contributed by atoms with Crippen LogP contribution in [0.25, 0.3) is 0 Å². The molecule has 2 N–H and O–H groups in total. The predicted octanol–water partition coefficient (Wildman–Crippen LogP) is 1.70. The number of nitrogens with two attached hydrogens (primary N) is 1. The van der Waals surface area contributed by atoms with Crippen molar-refractivity contribution in [1.82, 2.24) is 4.90 Å². The summed E-state index contributed by atoms with van der Waals surface area (Å²) in [5.41, 5.74) is 5.23. The first-order valence-corrected chi connectivity index (χ1v) is 6.60. The second-order valence-electron chi connectivity index (χ2n) is 5.09. The smallest absolute Gasteiger partial charge is 0.235 e. The van der Waals surface area contributed by atoms with Crippen LogP contribution in [0.3, 0.4) is 0 Å². The Hall–Kier alpha value is -0.640. The zero-order chi connectivity index (χ0) is 11.8. The third kappa shape index (κ3) is 1.95. The van der Waals surface area contributed by atoms with Crippen molar-refractivity contribution >= 4 is 23.1 Å². The molecule has 2 fully saturated rings. The van der Waals surface area contributed by atoms with E-state index in [1.54, 1.807) is 0 Å². The molecule has 1 heterocycles. The van der Waals surface area contributed by atoms with Crippen LogP contribution in [-0.2, 0) is 4.79 Å². The van der Waals surface area contributed by atoms with E-state index in [1.807, 2.05) is 4.90 Å². The molecule has 1 amide bonds. The molecule has 0 aromatic carbocycles. The summed E-state index contributed by atoms with van der Waals surface area (Å²) in [7, 11) is 0. The summed E-state index contributed by atoms with van der Waals surface area (Å²) in [6.07, 6.45) is 5.21. The monoisotopic (exact) mass is 240 g/mol. The molecule has 2 rings (SSSR count). The summed E-state index contributed by atoms with van der Waals surface area (Å²) in [6.45, 7) is 4.00. The molecule has 0 aromatic rings. The van der Waals surface area contributed by atoms with Crippen molar-refractivity contribution < 1.29 is 4.79 Å². The maximum absolute atomic E-state index is 12.3. The lowest BCUT2D eigenvalue weighted by molar-refractivity contribution is -0.135. The van der Waals surface area contributed by atoms with Gasteiger partial charge in [-0.3, -0.25) is 4.79 Å². The second kappa shape index (κ2) is 4.32. The Balaban J connectivity index is 1.95. The molecule has 1 aliphatic heterocycles. The summed E-state index contributed by atoms with van der Waals surface area (Å²) in [5.74, 6) is 0.985. The first kappa shape index (κ1) is 11.8. The zero-order valence-electron chi connectivity index (χ0n) is 9.87. The van der Waals surface area contributed by atoms with Crippen molar-refractivity contribution in [1.29, 1.82) is 0 Å². The van der Waals surface area contributed by atoms with Crippen LogP contribution in [0.1, 0.15) is 39.0 Å². The van der Waals surface area contributed by atoms with Crippen LogP contribution in [-0.4, -0.2) is 28.9 Å². The van der Waals surface area contributed by atoms with Gasteiger partial charge in [-0.1, -0.05) is 25.6 Å². The number of thiocarbonyl (C=S) groups is 1. The standard InChI is InChI=1S/C12H20N2OS/c1-2-9-3-7-14(8-4-9)11(15)12(5-6-12)10(13)16/h9H,2-8H2,1H3,(H2,13,16). The molecule has 0 radical (unpaired) electrons. The largest absolute Gasteiger partial charge is 0.392 e. The normalized spacial score (nSPS) is 24.2. The van der Waals surface area contributed by atoms with Gasteiger partial charge in [0.05, 0.1) is 10.4 Å². The number of amides is 1. The molecular weight excluding hydrogens is 220 g/mol. The minimum atomic E-state index is -0.450. The van der Waals surface area contributed by atoms with E-state index in [0.29, 0.717) is 4.99 Å². The van der Waals surface area contributed by atoms with E-state index in [9.17, 15) is 4.79 Å². The number of rotatable bonds is 3. The Morgan fingerprint density at radius 1 is 1.44 bits per heavy atom. The second-order valence-corrected chi connectivity index (χ2v) is 5.53. The highest BCUT2D eigenvalue weighted by Crippen LogP contribution is 2.48. The lowest BCUT2D eigenvalue weighted by Gasteiger charge is -2.33. The van der Waals surface area contributed by atoms with Crippen LogP contribution in [0, 0.1) is 11.3 Å². The molecule has 0 bridgehead atoms. The van der Waals surface area contributed by atoms with Crippen molar-refractivity contribution in [2.24, 2.45) is 17.1 Å². The van der Waals surface area contributed by atoms with E-state index in [4.69, 9.17) is 18.0 Å². The third-order valence-electron chi connectivity index (χ3n) is 4.11. The summed E-state index contributed by atoms with van der Waals surface area (Å²) < 4.78 is 0. The SMILES string of the molecule is CCC1CCN(C(=O)C2(C(N)=S)CC2)CC1. The number of carbonyl (C=O) groups is 1. The average molecular weight is 240 g/mol. The summed E-state index contributed by atoms with van der Waals surface area (Å²) in [4.78, 5) is 14.6. The van der Waals surface area contributed by atoms with Gasteiger partial charge in [-0.05, 0) is 31.6 Å². The molecule has 0 unspecified atom stereocenters. The molecule has 1 aliphatic carbocycles. The Kier molecular flexibility index (Phi) is 3.19. The van der Waals surface area contributed by atoms with Crippen molar-refractivity contribution in [2.45, 2.75) is 39.0 Å². The fraction of sp³-hybridized carbons (Fsp3) is 0.833. The van der Waals surface area contributed by atoms with Crippen LogP contribution >= 0.6 is 12.2 Å². The first-order valence-electron chi connectivity index (χ1n) is 6.19. The minimum absolute atomic E-state index is 0.189. The molecule has 2 aliphatic rings. The van der Waals surface area contributed by atoms with Gasteiger partial charge in [0.25, 0.3) is 0 Å². The minimum Gasteiger partial charge on any atom is -0.392 e. The van der Waals surface area contributed by atoms with Crippen LogP contribution < -0.4 is 5.73 Å². The Labute approximate surface area is 102 Å². The molecule has 1 saturated carbocycles. The van der Waals surface area contributed by atoms with Crippen molar-refractivity contribution in [2.75, 3.05) is 13.1 Å². The lowest BCUT2D eigenvalue weighted by Crippen LogP contribution is -2.46. The van der Waals surface area contributed by atoms with Gasteiger partial charge in [0.2, 0.25) is 5.91 Å². The Bertz CT molecular complexity index is 304. The topological polar surface area (TPSA) is 46.3 Å². The molecule has 3 nitrogen and oxygen atoms in total. The molecule has 90 valence electrons. The van der Waals surface area contributed by atoms with Crippen LogP contribution in [0.5, 0.6) is 0 Å². The van der Waals surface area contributed by atoms with Gasteiger partial charge in [0.1, 0.15) is 0 Å². The highest BCUT2D eigenvalue weighted by Gasteiger charge is 2.54. The molecule has 0 atom stereocenters. The molecule has 1 saturated heterocycles. The Morgan fingerprint density at radius 2 is 2.00 bits per heavy atom. The van der Waals surface area contributed by atoms with Gasteiger partial charge in [0, 0.05) is 13.1 Å². The number of carbonyl (C=O) groups excluding carboxylic acids is 1. The number of hydrogen-bond donors (Lipinski definition) is 1. The summed E-state index contributed by atoms with van der Waals surface area (Å²) in [6, 6.07) is 0. The van der Waals surface area contributed by atoms with Gasteiger partial charge in [0.15, 0.2) is 0 Å². The van der Waals surface area contributed by atoms with Gasteiger partial charge < -0.3 is 10.6 Å². The van der Waals surface area contributed by atoms with Crippen molar-refractivity contribution in [3.63, 3.8) is 0 Å². The van der Waals surface area contributed by atoms with E-state index in [0.717, 1.165) is 44.7 Å². The third-order valence-corrected chi connectivity index (χ3v) is 4.50. The van der Waals surface area contributed by atoms with E-state index < -0.39 is 5.41 Å². The van der Waals surface area contributed by atoms with E-state index >= 15 is 0 Å². The number of likely N-dealkylation sites (tertiary alicyclic amines) is 1. The van der Waals surface area contributed by atoms with Gasteiger partial charge in [-0.2, -0.15) is 0 Å². The number of piperidine rings is 1. The first-order chi connectivity index (χ1) is 7.60. The lowest BCUT2D eigenvalue weighted by atomic mass is 9.93. The fourth-order valence-corrected chi connectivity index (χ4v) is 2.83. The number of hydrogen-bond acceptors (Lipinski definition) is 2. The molecule has 0 aromatic heterocycles. The van der Waals surface area contributed by atoms with Crippen LogP contribution in [0.4, 0.5) is 0 Å². The average Bonchev–Trinajstić information content (AvgIpc) is 3.09. The highest BCUT2D eigenvalue weighted by atomic mass is 32.1. The maximum Gasteiger partial charge on any atom is 0.235 e. The fourth-order valence-electron chi connectivity index (χ4n) is 2.54. The van der Waals surface area contributed by atoms with E-state index in [1.165, 1.54) is 6.42 Å². The van der Waals surface area contributed by atoms with Crippen molar-refractivity contribution in [3.8, 4) is 0 Å². The van der Waals surface area contributed by atoms with E-state index in [2.05, 4.69) is 6.92 Å². The molecule has 16 heavy (non-hydrogen) atoms. The summed E-state index contributed by atoms with van der Waals surface area (Å²) >= 11 is 5.02. The zero-order valence-corrected chi connectivity index (χ0v) is 10.7. The quantitative estimate of drug-likeness (QED) is 0.764. The summed E-state index contributed by atoms with van der Waals surface area (Å²) in [5, 5.41) is 0. The van der Waals surface area contributed by atoms with Crippen LogP contribution in [0.2, 0.25) is 0 Å². The van der Waals surface area contributed by atoms with Gasteiger partial charge in [-0.25, -0.2) is 0 Å². The molecule has 0 spiro atoms. The maximum atomic E-state index is 12.3. The van der Waals surface area contributed by atoms with Crippen molar-refractivity contribution in [3.05, 3.63) is 0 Å². The van der Waals surface area contributed by atoms with Gasteiger partial charge in [-0.15, -0.1) is 0 Å². The van der Waals surface area contributed by atoms with Crippen LogP contribution in [0.15, 0.2) is 0 Å².